The third-order valence-electron chi connectivity index (χ3n) is 7.21. The van der Waals surface area contributed by atoms with Gasteiger partial charge in [-0.05, 0) is 79.9 Å². The average Bonchev–Trinajstić information content (AvgIpc) is 2.68. The molecule has 3 rings (SSSR count). The predicted molar refractivity (Wildman–Crippen MR) is 105 cm³/mol. The molecule has 0 atom stereocenters. The molecule has 1 aromatic rings. The lowest BCUT2D eigenvalue weighted by atomic mass is 9.68. The van der Waals surface area contributed by atoms with Gasteiger partial charge in [0.1, 0.15) is 0 Å². The summed E-state index contributed by atoms with van der Waals surface area (Å²) in [5.74, 6) is 1.79. The van der Waals surface area contributed by atoms with E-state index in [9.17, 15) is 8.78 Å². The van der Waals surface area contributed by atoms with Gasteiger partial charge in [0.05, 0.1) is 0 Å². The van der Waals surface area contributed by atoms with Gasteiger partial charge in [-0.25, -0.2) is 8.78 Å². The molecule has 0 bridgehead atoms. The van der Waals surface area contributed by atoms with E-state index in [0.717, 1.165) is 36.2 Å². The fourth-order valence-corrected chi connectivity index (χ4v) is 5.50. The second-order valence-electron chi connectivity index (χ2n) is 8.92. The molecule has 2 fully saturated rings. The third kappa shape index (κ3) is 5.30. The fraction of sp³-hybridized carbons (Fsp3) is 0.750. The standard InChI is InChI=1S/C24H36F2/c1-2-3-4-5-6-18-7-9-19(10-8-18)20-11-13-21(14-12-20)22-15-16-23(25)24(26)17-22/h15-21H,2-14H2,1H3/t18-,19-,20?,21?. The van der Waals surface area contributed by atoms with Crippen LogP contribution in [-0.4, -0.2) is 0 Å². The van der Waals surface area contributed by atoms with Gasteiger partial charge < -0.3 is 0 Å². The zero-order valence-corrected chi connectivity index (χ0v) is 16.5. The molecule has 0 N–H and O–H groups in total. The van der Waals surface area contributed by atoms with Crippen molar-refractivity contribution < 1.29 is 8.78 Å². The minimum Gasteiger partial charge on any atom is -0.204 e. The van der Waals surface area contributed by atoms with Crippen molar-refractivity contribution in [2.75, 3.05) is 0 Å². The SMILES string of the molecule is CCCCCC[C@H]1CC[C@H](C2CCC(c3ccc(F)c(F)c3)CC2)CC1. The van der Waals surface area contributed by atoms with E-state index in [0.29, 0.717) is 5.92 Å². The minimum atomic E-state index is -0.728. The first-order valence-electron chi connectivity index (χ1n) is 11.1. The van der Waals surface area contributed by atoms with Crippen LogP contribution in [0.15, 0.2) is 18.2 Å². The Kier molecular flexibility index (Phi) is 7.52. The fourth-order valence-electron chi connectivity index (χ4n) is 5.50. The number of unbranched alkanes of at least 4 members (excludes halogenated alkanes) is 3. The molecule has 0 nitrogen and oxygen atoms in total. The van der Waals surface area contributed by atoms with Crippen molar-refractivity contribution in [3.63, 3.8) is 0 Å². The molecule has 0 unspecified atom stereocenters. The Balaban J connectivity index is 1.39. The van der Waals surface area contributed by atoms with E-state index in [2.05, 4.69) is 6.92 Å². The highest BCUT2D eigenvalue weighted by Gasteiger charge is 2.31. The Morgan fingerprint density at radius 1 is 0.769 bits per heavy atom. The van der Waals surface area contributed by atoms with Gasteiger partial charge in [0.2, 0.25) is 0 Å². The Hall–Kier alpha value is -0.920. The second-order valence-corrected chi connectivity index (χ2v) is 8.92. The van der Waals surface area contributed by atoms with Crippen molar-refractivity contribution in [2.24, 2.45) is 17.8 Å². The van der Waals surface area contributed by atoms with E-state index in [1.54, 1.807) is 6.07 Å². The van der Waals surface area contributed by atoms with Crippen molar-refractivity contribution in [3.8, 4) is 0 Å². The Labute approximate surface area is 158 Å². The summed E-state index contributed by atoms with van der Waals surface area (Å²) in [4.78, 5) is 0. The molecule has 146 valence electrons. The van der Waals surface area contributed by atoms with Crippen LogP contribution in [0.2, 0.25) is 0 Å². The first-order valence-corrected chi connectivity index (χ1v) is 11.1. The lowest BCUT2D eigenvalue weighted by molar-refractivity contribution is 0.155. The molecule has 2 aliphatic rings. The maximum absolute atomic E-state index is 13.5. The van der Waals surface area contributed by atoms with Gasteiger partial charge in [-0.1, -0.05) is 57.9 Å². The highest BCUT2D eigenvalue weighted by atomic mass is 19.2. The van der Waals surface area contributed by atoms with E-state index in [1.165, 1.54) is 82.8 Å². The summed E-state index contributed by atoms with van der Waals surface area (Å²) >= 11 is 0. The number of halogens is 2. The molecular formula is C24H36F2. The van der Waals surface area contributed by atoms with E-state index >= 15 is 0 Å². The van der Waals surface area contributed by atoms with E-state index in [-0.39, 0.29) is 0 Å². The Morgan fingerprint density at radius 2 is 1.42 bits per heavy atom. The van der Waals surface area contributed by atoms with Crippen molar-refractivity contribution in [3.05, 3.63) is 35.4 Å². The molecule has 0 radical (unpaired) electrons. The third-order valence-corrected chi connectivity index (χ3v) is 7.21. The van der Waals surface area contributed by atoms with Crippen molar-refractivity contribution in [2.45, 2.75) is 96.3 Å². The summed E-state index contributed by atoms with van der Waals surface area (Å²) in [7, 11) is 0. The molecule has 0 spiro atoms. The molecule has 0 heterocycles. The molecule has 0 aromatic heterocycles. The first-order chi connectivity index (χ1) is 12.7. The summed E-state index contributed by atoms with van der Waals surface area (Å²) in [6.45, 7) is 2.28. The number of hydrogen-bond donors (Lipinski definition) is 0. The van der Waals surface area contributed by atoms with Crippen LogP contribution >= 0.6 is 0 Å². The summed E-state index contributed by atoms with van der Waals surface area (Å²) < 4.78 is 26.6. The van der Waals surface area contributed by atoms with Crippen LogP contribution in [0.25, 0.3) is 0 Å². The molecule has 0 aliphatic heterocycles. The topological polar surface area (TPSA) is 0 Å². The largest absolute Gasteiger partial charge is 0.204 e. The number of rotatable bonds is 7. The van der Waals surface area contributed by atoms with Crippen LogP contribution in [0, 0.1) is 29.4 Å². The van der Waals surface area contributed by atoms with Gasteiger partial charge >= 0.3 is 0 Å². The molecule has 0 saturated heterocycles. The first kappa shape index (κ1) is 19.8. The maximum atomic E-state index is 13.5. The highest BCUT2D eigenvalue weighted by molar-refractivity contribution is 5.22. The van der Waals surface area contributed by atoms with Crippen LogP contribution < -0.4 is 0 Å². The smallest absolute Gasteiger partial charge is 0.159 e. The van der Waals surface area contributed by atoms with Gasteiger partial charge in [-0.2, -0.15) is 0 Å². The average molecular weight is 363 g/mol. The quantitative estimate of drug-likeness (QED) is 0.431. The van der Waals surface area contributed by atoms with E-state index < -0.39 is 11.6 Å². The van der Waals surface area contributed by atoms with Crippen molar-refractivity contribution >= 4 is 0 Å². The van der Waals surface area contributed by atoms with Gasteiger partial charge in [-0.15, -0.1) is 0 Å². The number of hydrogen-bond acceptors (Lipinski definition) is 0. The summed E-state index contributed by atoms with van der Waals surface area (Å²) in [6, 6.07) is 4.50. The van der Waals surface area contributed by atoms with Gasteiger partial charge in [-0.3, -0.25) is 0 Å². The zero-order valence-electron chi connectivity index (χ0n) is 16.5. The normalized spacial score (nSPS) is 29.7. The molecule has 2 heteroatoms. The van der Waals surface area contributed by atoms with Crippen LogP contribution in [-0.2, 0) is 0 Å². The van der Waals surface area contributed by atoms with Crippen LogP contribution in [0.5, 0.6) is 0 Å². The summed E-state index contributed by atoms with van der Waals surface area (Å²) in [6.07, 6.45) is 17.6. The van der Waals surface area contributed by atoms with E-state index in [1.807, 2.05) is 0 Å². The molecule has 26 heavy (non-hydrogen) atoms. The molecular weight excluding hydrogens is 326 g/mol. The van der Waals surface area contributed by atoms with Gasteiger partial charge in [0.25, 0.3) is 0 Å². The Morgan fingerprint density at radius 3 is 2.04 bits per heavy atom. The van der Waals surface area contributed by atoms with Gasteiger partial charge in [0, 0.05) is 0 Å². The van der Waals surface area contributed by atoms with Crippen LogP contribution in [0.1, 0.15) is 102 Å². The second kappa shape index (κ2) is 9.85. The van der Waals surface area contributed by atoms with E-state index in [4.69, 9.17) is 0 Å². The Bertz CT molecular complexity index is 537. The molecule has 0 amide bonds. The van der Waals surface area contributed by atoms with Crippen molar-refractivity contribution in [1.82, 2.24) is 0 Å². The summed E-state index contributed by atoms with van der Waals surface area (Å²) in [5.41, 5.74) is 0.998. The summed E-state index contributed by atoms with van der Waals surface area (Å²) in [5, 5.41) is 0. The van der Waals surface area contributed by atoms with Crippen molar-refractivity contribution in [1.29, 1.82) is 0 Å². The zero-order chi connectivity index (χ0) is 18.4. The maximum Gasteiger partial charge on any atom is 0.159 e. The monoisotopic (exact) mass is 362 g/mol. The molecule has 2 aliphatic carbocycles. The lowest BCUT2D eigenvalue weighted by Gasteiger charge is -2.38. The predicted octanol–water partition coefficient (Wildman–Crippen LogP) is 8.02. The lowest BCUT2D eigenvalue weighted by Crippen LogP contribution is -2.25. The van der Waals surface area contributed by atoms with Crippen LogP contribution in [0.4, 0.5) is 8.78 Å². The molecule has 1 aromatic carbocycles. The van der Waals surface area contributed by atoms with Gasteiger partial charge in [0.15, 0.2) is 11.6 Å². The minimum absolute atomic E-state index is 0.427. The van der Waals surface area contributed by atoms with Crippen LogP contribution in [0.3, 0.4) is 0 Å². The highest BCUT2D eigenvalue weighted by Crippen LogP contribution is 2.44. The molecule has 2 saturated carbocycles. The number of benzene rings is 1.